The molecule has 1 rings (SSSR count). The minimum Gasteiger partial charge on any atom is -0.478 e. The van der Waals surface area contributed by atoms with Crippen molar-refractivity contribution in [1.82, 2.24) is 0 Å². The van der Waals surface area contributed by atoms with Crippen LogP contribution < -0.4 is 4.74 Å². The van der Waals surface area contributed by atoms with Crippen LogP contribution in [0.2, 0.25) is 0 Å². The van der Waals surface area contributed by atoms with E-state index in [0.29, 0.717) is 4.47 Å². The van der Waals surface area contributed by atoms with Crippen LogP contribution in [-0.4, -0.2) is 17.4 Å². The van der Waals surface area contributed by atoms with Crippen molar-refractivity contribution in [2.24, 2.45) is 0 Å². The molecule has 0 aliphatic rings. The third-order valence-corrected chi connectivity index (χ3v) is 2.10. The van der Waals surface area contributed by atoms with E-state index in [-0.39, 0.29) is 5.56 Å². The molecule has 7 heteroatoms. The lowest BCUT2D eigenvalue weighted by molar-refractivity contribution is -0.274. The van der Waals surface area contributed by atoms with Gasteiger partial charge in [-0.1, -0.05) is 15.9 Å². The summed E-state index contributed by atoms with van der Waals surface area (Å²) in [6, 6.07) is 3.78. The number of aliphatic carboxylic acids is 1. The number of carboxylic acid groups (broad SMARTS) is 1. The second-order valence-corrected chi connectivity index (χ2v) is 3.82. The van der Waals surface area contributed by atoms with Gasteiger partial charge >= 0.3 is 12.3 Å². The minimum atomic E-state index is -4.82. The highest BCUT2D eigenvalue weighted by Crippen LogP contribution is 2.29. The standard InChI is InChI=1S/C10H6BrF3O3/c11-7-2-3-8(17-10(12,13)14)6(5-7)1-4-9(15)16/h1-5H,(H,15,16)/b4-1-. The van der Waals surface area contributed by atoms with E-state index in [9.17, 15) is 18.0 Å². The average Bonchev–Trinajstić information content (AvgIpc) is 2.16. The molecule has 1 aromatic rings. The Balaban J connectivity index is 3.08. The summed E-state index contributed by atoms with van der Waals surface area (Å²) in [6.07, 6.45) is -3.07. The number of carboxylic acids is 1. The Morgan fingerprint density at radius 3 is 2.59 bits per heavy atom. The zero-order chi connectivity index (χ0) is 13.1. The Bertz CT molecular complexity index is 455. The van der Waals surface area contributed by atoms with Gasteiger partial charge in [-0.25, -0.2) is 4.79 Å². The van der Waals surface area contributed by atoms with Gasteiger partial charge in [0.25, 0.3) is 0 Å². The van der Waals surface area contributed by atoms with Crippen molar-refractivity contribution >= 4 is 28.0 Å². The van der Waals surface area contributed by atoms with Crippen molar-refractivity contribution in [1.29, 1.82) is 0 Å². The second kappa shape index (κ2) is 5.22. The van der Waals surface area contributed by atoms with Crippen LogP contribution in [-0.2, 0) is 4.79 Å². The van der Waals surface area contributed by atoms with E-state index in [0.717, 1.165) is 18.2 Å². The first-order valence-electron chi connectivity index (χ1n) is 4.24. The van der Waals surface area contributed by atoms with Gasteiger partial charge in [-0.15, -0.1) is 13.2 Å². The van der Waals surface area contributed by atoms with Gasteiger partial charge in [-0.3, -0.25) is 0 Å². The average molecular weight is 311 g/mol. The van der Waals surface area contributed by atoms with Gasteiger partial charge in [0, 0.05) is 16.1 Å². The summed E-state index contributed by atoms with van der Waals surface area (Å²) in [5.41, 5.74) is 0.0131. The van der Waals surface area contributed by atoms with Crippen LogP contribution in [0, 0.1) is 0 Å². The fraction of sp³-hybridized carbons (Fsp3) is 0.100. The molecule has 0 atom stereocenters. The third-order valence-electron chi connectivity index (χ3n) is 1.60. The molecule has 17 heavy (non-hydrogen) atoms. The summed E-state index contributed by atoms with van der Waals surface area (Å²) in [4.78, 5) is 10.3. The number of carbonyl (C=O) groups is 1. The molecular formula is C10H6BrF3O3. The molecule has 0 aromatic heterocycles. The molecule has 0 saturated heterocycles. The lowest BCUT2D eigenvalue weighted by atomic mass is 10.2. The predicted octanol–water partition coefficient (Wildman–Crippen LogP) is 3.45. The molecule has 0 aliphatic carbocycles. The van der Waals surface area contributed by atoms with Gasteiger partial charge in [0.1, 0.15) is 5.75 Å². The second-order valence-electron chi connectivity index (χ2n) is 2.90. The van der Waals surface area contributed by atoms with Crippen molar-refractivity contribution in [2.75, 3.05) is 0 Å². The summed E-state index contributed by atoms with van der Waals surface area (Å²) in [7, 11) is 0. The number of hydrogen-bond donors (Lipinski definition) is 1. The molecule has 0 unspecified atom stereocenters. The molecule has 0 aliphatic heterocycles. The van der Waals surface area contributed by atoms with Crippen molar-refractivity contribution < 1.29 is 27.8 Å². The van der Waals surface area contributed by atoms with Gasteiger partial charge < -0.3 is 9.84 Å². The molecule has 0 amide bonds. The van der Waals surface area contributed by atoms with Gasteiger partial charge in [0.05, 0.1) is 0 Å². The highest BCUT2D eigenvalue weighted by Gasteiger charge is 2.31. The molecule has 0 fully saturated rings. The van der Waals surface area contributed by atoms with Crippen LogP contribution >= 0.6 is 15.9 Å². The van der Waals surface area contributed by atoms with Crippen LogP contribution in [0.5, 0.6) is 5.75 Å². The number of benzene rings is 1. The highest BCUT2D eigenvalue weighted by molar-refractivity contribution is 9.10. The molecule has 1 N–H and O–H groups in total. The zero-order valence-corrected chi connectivity index (χ0v) is 9.75. The van der Waals surface area contributed by atoms with Crippen LogP contribution in [0.15, 0.2) is 28.7 Å². The van der Waals surface area contributed by atoms with Crippen molar-refractivity contribution in [2.45, 2.75) is 6.36 Å². The Labute approximate surface area is 103 Å². The first-order chi connectivity index (χ1) is 7.78. The van der Waals surface area contributed by atoms with Crippen LogP contribution in [0.1, 0.15) is 5.56 Å². The monoisotopic (exact) mass is 310 g/mol. The van der Waals surface area contributed by atoms with Gasteiger partial charge in [-0.2, -0.15) is 0 Å². The van der Waals surface area contributed by atoms with E-state index < -0.39 is 18.1 Å². The van der Waals surface area contributed by atoms with E-state index >= 15 is 0 Å². The Kier molecular flexibility index (Phi) is 4.17. The maximum Gasteiger partial charge on any atom is 0.573 e. The van der Waals surface area contributed by atoms with Gasteiger partial charge in [0.2, 0.25) is 0 Å². The van der Waals surface area contributed by atoms with Crippen LogP contribution in [0.25, 0.3) is 6.08 Å². The van der Waals surface area contributed by atoms with Crippen LogP contribution in [0.3, 0.4) is 0 Å². The smallest absolute Gasteiger partial charge is 0.478 e. The summed E-state index contributed by atoms with van der Waals surface area (Å²) < 4.78 is 40.4. The quantitative estimate of drug-likeness (QED) is 0.870. The predicted molar refractivity (Wildman–Crippen MR) is 57.5 cm³/mol. The van der Waals surface area contributed by atoms with E-state index in [1.54, 1.807) is 0 Å². The SMILES string of the molecule is O=C(O)/C=C\c1cc(Br)ccc1OC(F)(F)F. The molecule has 0 bridgehead atoms. The number of hydrogen-bond acceptors (Lipinski definition) is 2. The molecule has 0 radical (unpaired) electrons. The van der Waals surface area contributed by atoms with Gasteiger partial charge in [-0.05, 0) is 24.3 Å². The summed E-state index contributed by atoms with van der Waals surface area (Å²) in [5, 5.41) is 8.41. The topological polar surface area (TPSA) is 46.5 Å². The Hall–Kier alpha value is -1.50. The largest absolute Gasteiger partial charge is 0.573 e. The fourth-order valence-electron chi connectivity index (χ4n) is 1.03. The number of halogens is 4. The highest BCUT2D eigenvalue weighted by atomic mass is 79.9. The molecule has 92 valence electrons. The first-order valence-corrected chi connectivity index (χ1v) is 5.03. The number of alkyl halides is 3. The van der Waals surface area contributed by atoms with E-state index in [1.807, 2.05) is 0 Å². The molecule has 0 spiro atoms. The normalized spacial score (nSPS) is 11.8. The fourth-order valence-corrected chi connectivity index (χ4v) is 1.41. The molecule has 0 heterocycles. The number of rotatable bonds is 3. The lowest BCUT2D eigenvalue weighted by Gasteiger charge is -2.11. The number of ether oxygens (including phenoxy) is 1. The molecular weight excluding hydrogens is 305 g/mol. The maximum atomic E-state index is 12.0. The summed E-state index contributed by atoms with van der Waals surface area (Å²) >= 11 is 3.06. The van der Waals surface area contributed by atoms with Crippen LogP contribution in [0.4, 0.5) is 13.2 Å². The summed E-state index contributed by atoms with van der Waals surface area (Å²) in [5.74, 6) is -1.72. The molecule has 0 saturated carbocycles. The van der Waals surface area contributed by atoms with Crippen molar-refractivity contribution in [3.8, 4) is 5.75 Å². The van der Waals surface area contributed by atoms with Crippen molar-refractivity contribution in [3.63, 3.8) is 0 Å². The zero-order valence-electron chi connectivity index (χ0n) is 8.16. The molecule has 3 nitrogen and oxygen atoms in total. The molecule has 1 aromatic carbocycles. The first kappa shape index (κ1) is 13.6. The van der Waals surface area contributed by atoms with E-state index in [2.05, 4.69) is 20.7 Å². The minimum absolute atomic E-state index is 0.0131. The lowest BCUT2D eigenvalue weighted by Crippen LogP contribution is -2.17. The summed E-state index contributed by atoms with van der Waals surface area (Å²) in [6.45, 7) is 0. The van der Waals surface area contributed by atoms with E-state index in [1.165, 1.54) is 12.1 Å². The van der Waals surface area contributed by atoms with E-state index in [4.69, 9.17) is 5.11 Å². The third kappa shape index (κ3) is 4.90. The van der Waals surface area contributed by atoms with Gasteiger partial charge in [0.15, 0.2) is 0 Å². The Morgan fingerprint density at radius 2 is 2.06 bits per heavy atom. The van der Waals surface area contributed by atoms with Crippen molar-refractivity contribution in [3.05, 3.63) is 34.3 Å². The Morgan fingerprint density at radius 1 is 1.41 bits per heavy atom. The maximum absolute atomic E-state index is 12.0.